The standard InChI is InChI=1S/C21H26N2O5S/c1-15(2)23(3)29(25,26)18-12-10-17(11-13-18)22-20(24)14-9-16-7-6-8-19(27-4)21(16)28-5/h6-15H,1-5H3,(H,22,24)/b14-9+. The number of para-hydroxylation sites is 1. The zero-order valence-electron chi connectivity index (χ0n) is 17.2. The summed E-state index contributed by atoms with van der Waals surface area (Å²) in [4.78, 5) is 12.4. The number of nitrogens with zero attached hydrogens (tertiary/aromatic N) is 1. The van der Waals surface area contributed by atoms with Crippen LogP contribution in [0.1, 0.15) is 19.4 Å². The molecule has 0 aromatic heterocycles. The van der Waals surface area contributed by atoms with Gasteiger partial charge in [-0.2, -0.15) is 4.31 Å². The number of carbonyl (C=O) groups excluding carboxylic acids is 1. The van der Waals surface area contributed by atoms with Crippen molar-refractivity contribution in [1.82, 2.24) is 4.31 Å². The summed E-state index contributed by atoms with van der Waals surface area (Å²) in [5.74, 6) is 0.742. The molecule has 1 N–H and O–H groups in total. The Kier molecular flexibility index (Phi) is 7.41. The van der Waals surface area contributed by atoms with Crippen molar-refractivity contribution in [2.24, 2.45) is 0 Å². The molecule has 0 radical (unpaired) electrons. The first kappa shape index (κ1) is 22.4. The average molecular weight is 419 g/mol. The third kappa shape index (κ3) is 5.36. The number of hydrogen-bond donors (Lipinski definition) is 1. The van der Waals surface area contributed by atoms with Gasteiger partial charge in [-0.3, -0.25) is 4.79 Å². The van der Waals surface area contributed by atoms with Gasteiger partial charge in [-0.25, -0.2) is 8.42 Å². The summed E-state index contributed by atoms with van der Waals surface area (Å²) in [6.45, 7) is 3.60. The highest BCUT2D eigenvalue weighted by Gasteiger charge is 2.22. The number of carbonyl (C=O) groups is 1. The molecule has 0 atom stereocenters. The van der Waals surface area contributed by atoms with Crippen molar-refractivity contribution < 1.29 is 22.7 Å². The number of benzene rings is 2. The lowest BCUT2D eigenvalue weighted by molar-refractivity contribution is -0.111. The first-order valence-electron chi connectivity index (χ1n) is 8.99. The maximum Gasteiger partial charge on any atom is 0.248 e. The van der Waals surface area contributed by atoms with Crippen molar-refractivity contribution in [3.8, 4) is 11.5 Å². The van der Waals surface area contributed by atoms with E-state index in [4.69, 9.17) is 9.47 Å². The molecule has 2 aromatic rings. The minimum Gasteiger partial charge on any atom is -0.493 e. The molecule has 0 spiro atoms. The van der Waals surface area contributed by atoms with Crippen molar-refractivity contribution in [3.05, 3.63) is 54.1 Å². The fraction of sp³-hybridized carbons (Fsp3) is 0.286. The SMILES string of the molecule is COc1cccc(/C=C/C(=O)Nc2ccc(S(=O)(=O)N(C)C(C)C)cc2)c1OC. The van der Waals surface area contributed by atoms with Crippen molar-refractivity contribution in [2.45, 2.75) is 24.8 Å². The van der Waals surface area contributed by atoms with Gasteiger partial charge in [0.2, 0.25) is 15.9 Å². The number of ether oxygens (including phenoxy) is 2. The van der Waals surface area contributed by atoms with Gasteiger partial charge in [0.15, 0.2) is 11.5 Å². The van der Waals surface area contributed by atoms with E-state index in [1.807, 2.05) is 0 Å². The third-order valence-electron chi connectivity index (χ3n) is 4.37. The van der Waals surface area contributed by atoms with Crippen LogP contribution in [0, 0.1) is 0 Å². The second-order valence-electron chi connectivity index (χ2n) is 6.54. The van der Waals surface area contributed by atoms with E-state index in [2.05, 4.69) is 5.32 Å². The molecule has 0 heterocycles. The largest absolute Gasteiger partial charge is 0.493 e. The van der Waals surface area contributed by atoms with Gasteiger partial charge in [-0.05, 0) is 50.3 Å². The van der Waals surface area contributed by atoms with Crippen LogP contribution in [-0.2, 0) is 14.8 Å². The second kappa shape index (κ2) is 9.58. The second-order valence-corrected chi connectivity index (χ2v) is 8.54. The fourth-order valence-electron chi connectivity index (χ4n) is 2.55. The van der Waals surface area contributed by atoms with Gasteiger partial charge in [0, 0.05) is 30.4 Å². The first-order chi connectivity index (χ1) is 13.7. The topological polar surface area (TPSA) is 84.9 Å². The molecule has 7 nitrogen and oxygen atoms in total. The van der Waals surface area contributed by atoms with Gasteiger partial charge in [0.1, 0.15) is 0 Å². The summed E-state index contributed by atoms with van der Waals surface area (Å²) in [6, 6.07) is 11.3. The average Bonchev–Trinajstić information content (AvgIpc) is 2.71. The van der Waals surface area contributed by atoms with Gasteiger partial charge in [0.05, 0.1) is 19.1 Å². The normalized spacial score (nSPS) is 11.8. The van der Waals surface area contributed by atoms with Gasteiger partial charge < -0.3 is 14.8 Å². The first-order valence-corrected chi connectivity index (χ1v) is 10.4. The number of sulfonamides is 1. The zero-order valence-corrected chi connectivity index (χ0v) is 18.0. The smallest absolute Gasteiger partial charge is 0.248 e. The molecule has 0 aliphatic carbocycles. The Bertz CT molecular complexity index is 983. The summed E-state index contributed by atoms with van der Waals surface area (Å²) in [6.07, 6.45) is 2.99. The van der Waals surface area contributed by atoms with Crippen LogP contribution >= 0.6 is 0 Å². The predicted molar refractivity (Wildman–Crippen MR) is 114 cm³/mol. The number of amides is 1. The van der Waals surface area contributed by atoms with Crippen molar-refractivity contribution in [2.75, 3.05) is 26.6 Å². The summed E-state index contributed by atoms with van der Waals surface area (Å²) in [7, 11) is 1.04. The molecule has 0 bridgehead atoms. The molecule has 156 valence electrons. The Morgan fingerprint density at radius 3 is 2.28 bits per heavy atom. The van der Waals surface area contributed by atoms with Crippen LogP contribution in [0.5, 0.6) is 11.5 Å². The quantitative estimate of drug-likeness (QED) is 0.665. The lowest BCUT2D eigenvalue weighted by Crippen LogP contribution is -2.33. The Morgan fingerprint density at radius 2 is 1.72 bits per heavy atom. The number of hydrogen-bond acceptors (Lipinski definition) is 5. The fourth-order valence-corrected chi connectivity index (χ4v) is 3.91. The highest BCUT2D eigenvalue weighted by Crippen LogP contribution is 2.31. The van der Waals surface area contributed by atoms with Crippen molar-refractivity contribution in [3.63, 3.8) is 0 Å². The molecule has 2 rings (SSSR count). The van der Waals surface area contributed by atoms with Gasteiger partial charge in [0.25, 0.3) is 0 Å². The van der Waals surface area contributed by atoms with E-state index in [1.54, 1.807) is 57.4 Å². The van der Waals surface area contributed by atoms with Gasteiger partial charge in [-0.15, -0.1) is 0 Å². The Balaban J connectivity index is 2.12. The van der Waals surface area contributed by atoms with Crippen molar-refractivity contribution >= 4 is 27.7 Å². The summed E-state index contributed by atoms with van der Waals surface area (Å²) < 4.78 is 36.8. The Labute approximate surface area is 172 Å². The molecule has 0 fully saturated rings. The molecular weight excluding hydrogens is 392 g/mol. The highest BCUT2D eigenvalue weighted by molar-refractivity contribution is 7.89. The maximum absolute atomic E-state index is 12.5. The lowest BCUT2D eigenvalue weighted by Gasteiger charge is -2.21. The molecule has 0 saturated heterocycles. The third-order valence-corrected chi connectivity index (χ3v) is 6.42. The molecule has 2 aromatic carbocycles. The molecule has 0 saturated carbocycles. The molecule has 0 aliphatic heterocycles. The van der Waals surface area contributed by atoms with E-state index in [1.165, 1.54) is 36.7 Å². The maximum atomic E-state index is 12.5. The minimum absolute atomic E-state index is 0.155. The van der Waals surface area contributed by atoms with Crippen LogP contribution in [0.3, 0.4) is 0 Å². The number of anilines is 1. The van der Waals surface area contributed by atoms with Gasteiger partial charge >= 0.3 is 0 Å². The number of rotatable bonds is 8. The Morgan fingerprint density at radius 1 is 1.07 bits per heavy atom. The summed E-state index contributed by atoms with van der Waals surface area (Å²) in [5.41, 5.74) is 1.18. The Hall–Kier alpha value is -2.84. The minimum atomic E-state index is -3.56. The molecule has 8 heteroatoms. The predicted octanol–water partition coefficient (Wildman–Crippen LogP) is 3.38. The van der Waals surface area contributed by atoms with E-state index in [-0.39, 0.29) is 16.8 Å². The van der Waals surface area contributed by atoms with Crippen LogP contribution in [0.2, 0.25) is 0 Å². The molecule has 0 aliphatic rings. The van der Waals surface area contributed by atoms with E-state index < -0.39 is 10.0 Å². The van der Waals surface area contributed by atoms with E-state index in [0.717, 1.165) is 0 Å². The van der Waals surface area contributed by atoms with Crippen LogP contribution in [0.4, 0.5) is 5.69 Å². The lowest BCUT2D eigenvalue weighted by atomic mass is 10.1. The van der Waals surface area contributed by atoms with Crippen LogP contribution in [-0.4, -0.2) is 45.9 Å². The number of nitrogens with one attached hydrogen (secondary N) is 1. The highest BCUT2D eigenvalue weighted by atomic mass is 32.2. The molecule has 0 unspecified atom stereocenters. The summed E-state index contributed by atoms with van der Waals surface area (Å²) in [5, 5.41) is 2.70. The van der Waals surface area contributed by atoms with Gasteiger partial charge in [-0.1, -0.05) is 12.1 Å². The van der Waals surface area contributed by atoms with Crippen LogP contribution < -0.4 is 14.8 Å². The monoisotopic (exact) mass is 418 g/mol. The summed E-state index contributed by atoms with van der Waals surface area (Å²) >= 11 is 0. The molecule has 29 heavy (non-hydrogen) atoms. The van der Waals surface area contributed by atoms with Crippen LogP contribution in [0.25, 0.3) is 6.08 Å². The number of methoxy groups -OCH3 is 2. The molecular formula is C21H26N2O5S. The van der Waals surface area contributed by atoms with E-state index >= 15 is 0 Å². The van der Waals surface area contributed by atoms with E-state index in [0.29, 0.717) is 22.7 Å². The zero-order chi connectivity index (χ0) is 21.6. The van der Waals surface area contributed by atoms with E-state index in [9.17, 15) is 13.2 Å². The molecule has 1 amide bonds. The van der Waals surface area contributed by atoms with Crippen LogP contribution in [0.15, 0.2) is 53.4 Å². The van der Waals surface area contributed by atoms with Crippen molar-refractivity contribution in [1.29, 1.82) is 0 Å².